The molecule has 0 N–H and O–H groups in total. The molecule has 0 atom stereocenters. The molecule has 9 rings (SSSR count). The van der Waals surface area contributed by atoms with Gasteiger partial charge in [-0.15, -0.1) is 0 Å². The van der Waals surface area contributed by atoms with Gasteiger partial charge in [0.1, 0.15) is 11.3 Å². The van der Waals surface area contributed by atoms with Crippen molar-refractivity contribution < 1.29 is 22.2 Å². The van der Waals surface area contributed by atoms with E-state index in [1.165, 1.54) is 0 Å². The van der Waals surface area contributed by atoms with Gasteiger partial charge in [-0.05, 0) is 67.1 Å². The van der Waals surface area contributed by atoms with Crippen molar-refractivity contribution in [2.24, 2.45) is 0 Å². The molecule has 1 aromatic heterocycles. The Balaban J connectivity index is 1.49. The molecule has 9 aromatic rings. The van der Waals surface area contributed by atoms with Gasteiger partial charge in [0.2, 0.25) is 0 Å². The summed E-state index contributed by atoms with van der Waals surface area (Å²) in [7, 11) is 0. The molecular weight excluding hydrogens is 569 g/mol. The molecule has 1 heteroatoms. The molecule has 0 aliphatic rings. The number of hydrogen-bond donors (Lipinski definition) is 0. The summed E-state index contributed by atoms with van der Waals surface area (Å²) in [6.45, 7) is 0. The number of hydrogen-bond acceptors (Lipinski definition) is 1. The van der Waals surface area contributed by atoms with Crippen LogP contribution in [0.4, 0.5) is 0 Å². The van der Waals surface area contributed by atoms with Crippen LogP contribution < -0.4 is 0 Å². The third-order valence-electron chi connectivity index (χ3n) is 8.42. The Hall–Kier alpha value is -6.18. The minimum Gasteiger partial charge on any atom is -0.455 e. The molecule has 0 fully saturated rings. The van der Waals surface area contributed by atoms with Crippen molar-refractivity contribution in [2.75, 3.05) is 0 Å². The molecule has 47 heavy (non-hydrogen) atoms. The van der Waals surface area contributed by atoms with Crippen LogP contribution >= 0.6 is 0 Å². The van der Waals surface area contributed by atoms with Gasteiger partial charge in [-0.25, -0.2) is 0 Å². The first-order valence-corrected chi connectivity index (χ1v) is 15.0. The SMILES string of the molecule is [2H]c1c([2H])c([2H])c(-c2ccc(-c3oc4ccc(-c5ccccc5)cc4c3-c3c4c([2H])c([2H])c([2H])c([2H])c4c(-c4ccccc4)c4c([2H])c([2H])c([2H])c([2H])c34)cc2)c([2H])c1[2H]. The Morgan fingerprint density at radius 1 is 0.340 bits per heavy atom. The summed E-state index contributed by atoms with van der Waals surface area (Å²) in [5.41, 5.74) is 3.96. The van der Waals surface area contributed by atoms with E-state index in [0.717, 1.165) is 11.1 Å². The molecule has 0 spiro atoms. The molecule has 8 aromatic carbocycles. The van der Waals surface area contributed by atoms with Crippen LogP contribution in [0.25, 0.3) is 88.3 Å². The van der Waals surface area contributed by atoms with Crippen molar-refractivity contribution in [1.29, 1.82) is 0 Å². The fourth-order valence-corrected chi connectivity index (χ4v) is 6.31. The predicted octanol–water partition coefficient (Wildman–Crippen LogP) is 13.1. The lowest BCUT2D eigenvalue weighted by Gasteiger charge is -2.18. The highest BCUT2D eigenvalue weighted by molar-refractivity contribution is 6.25. The van der Waals surface area contributed by atoms with Crippen LogP contribution in [0.15, 0.2) is 186 Å². The van der Waals surface area contributed by atoms with Crippen molar-refractivity contribution in [2.45, 2.75) is 0 Å². The molecule has 0 unspecified atom stereocenters. The highest BCUT2D eigenvalue weighted by Crippen LogP contribution is 2.50. The molecule has 1 nitrogen and oxygen atoms in total. The molecule has 1 heterocycles. The molecule has 0 amide bonds. The Bertz CT molecular complexity index is 3160. The zero-order valence-corrected chi connectivity index (χ0v) is 24.7. The van der Waals surface area contributed by atoms with Gasteiger partial charge >= 0.3 is 0 Å². The van der Waals surface area contributed by atoms with Crippen molar-refractivity contribution in [3.05, 3.63) is 182 Å². The van der Waals surface area contributed by atoms with Crippen molar-refractivity contribution in [1.82, 2.24) is 0 Å². The van der Waals surface area contributed by atoms with Crippen LogP contribution in [0, 0.1) is 0 Å². The smallest absolute Gasteiger partial charge is 0.143 e. The van der Waals surface area contributed by atoms with Crippen molar-refractivity contribution in [3.8, 4) is 55.8 Å². The van der Waals surface area contributed by atoms with Gasteiger partial charge in [-0.2, -0.15) is 0 Å². The van der Waals surface area contributed by atoms with Gasteiger partial charge in [0.15, 0.2) is 0 Å². The fraction of sp³-hybridized carbons (Fsp3) is 0. The zero-order chi connectivity index (χ0) is 42.5. The van der Waals surface area contributed by atoms with Gasteiger partial charge < -0.3 is 4.42 Å². The summed E-state index contributed by atoms with van der Waals surface area (Å²) in [4.78, 5) is 0. The first-order chi connectivity index (χ1) is 28.7. The number of fused-ring (bicyclic) bond motifs is 3. The maximum atomic E-state index is 9.50. The van der Waals surface area contributed by atoms with E-state index < -0.39 is 54.4 Å². The second kappa shape index (κ2) is 11.3. The minimum atomic E-state index is -0.532. The van der Waals surface area contributed by atoms with Crippen molar-refractivity contribution >= 4 is 32.5 Å². The lowest BCUT2D eigenvalue weighted by molar-refractivity contribution is 0.632. The van der Waals surface area contributed by atoms with Gasteiger partial charge in [0.25, 0.3) is 0 Å². The summed E-state index contributed by atoms with van der Waals surface area (Å²) in [6.07, 6.45) is 0. The van der Waals surface area contributed by atoms with Gasteiger partial charge in [0, 0.05) is 22.1 Å². The van der Waals surface area contributed by atoms with Gasteiger partial charge in [-0.1, -0.05) is 170 Å². The molecule has 0 saturated carbocycles. The average molecular weight is 612 g/mol. The van der Waals surface area contributed by atoms with Crippen LogP contribution in [0.1, 0.15) is 17.8 Å². The van der Waals surface area contributed by atoms with E-state index in [0.29, 0.717) is 33.2 Å². The molecule has 0 aliphatic heterocycles. The van der Waals surface area contributed by atoms with E-state index in [-0.39, 0.29) is 68.2 Å². The second-order valence-corrected chi connectivity index (χ2v) is 11.1. The van der Waals surface area contributed by atoms with Crippen LogP contribution in [-0.2, 0) is 0 Å². The van der Waals surface area contributed by atoms with E-state index in [9.17, 15) is 5.48 Å². The lowest BCUT2D eigenvalue weighted by Crippen LogP contribution is -1.91. The van der Waals surface area contributed by atoms with Crippen LogP contribution in [-0.4, -0.2) is 0 Å². The van der Waals surface area contributed by atoms with E-state index in [2.05, 4.69) is 0 Å². The van der Waals surface area contributed by atoms with Crippen molar-refractivity contribution in [3.63, 3.8) is 0 Å². The Morgan fingerprint density at radius 2 is 0.830 bits per heavy atom. The minimum absolute atomic E-state index is 0.00497. The monoisotopic (exact) mass is 611 g/mol. The summed E-state index contributed by atoms with van der Waals surface area (Å²) in [5.74, 6) is 0.206. The summed E-state index contributed by atoms with van der Waals surface area (Å²) in [6, 6.07) is 24.5. The van der Waals surface area contributed by atoms with E-state index in [1.807, 2.05) is 42.5 Å². The maximum Gasteiger partial charge on any atom is 0.143 e. The molecule has 220 valence electrons. The standard InChI is InChI=1S/C46H30O/c1-4-14-31(15-5-1)33-24-26-35(27-25-33)46-45(41-30-36(28-29-42(41)47-46)32-16-6-2-7-17-32)44-39-22-12-10-20-37(39)43(34-18-8-3-9-19-34)38-21-11-13-23-40(38)44/h1-30H/i1D,4D,5D,10D,11D,12D,13D,14D,15D,20D,21D,22D,23D. The Kier molecular flexibility index (Phi) is 4.08. The summed E-state index contributed by atoms with van der Waals surface area (Å²) >= 11 is 0. The van der Waals surface area contributed by atoms with Gasteiger partial charge in [-0.3, -0.25) is 0 Å². The Morgan fingerprint density at radius 3 is 1.45 bits per heavy atom. The molecule has 0 aliphatic carbocycles. The van der Waals surface area contributed by atoms with Crippen LogP contribution in [0.5, 0.6) is 0 Å². The van der Waals surface area contributed by atoms with E-state index >= 15 is 0 Å². The second-order valence-electron chi connectivity index (χ2n) is 11.1. The molecule has 0 radical (unpaired) electrons. The normalized spacial score (nSPS) is 15.3. The predicted molar refractivity (Wildman–Crippen MR) is 198 cm³/mol. The largest absolute Gasteiger partial charge is 0.455 e. The number of furan rings is 1. The fourth-order valence-electron chi connectivity index (χ4n) is 6.31. The summed E-state index contributed by atoms with van der Waals surface area (Å²) < 4.78 is 122. The highest BCUT2D eigenvalue weighted by Gasteiger charge is 2.24. The third-order valence-corrected chi connectivity index (χ3v) is 8.42. The van der Waals surface area contributed by atoms with Crippen LogP contribution in [0.2, 0.25) is 0 Å². The van der Waals surface area contributed by atoms with Crippen LogP contribution in [0.3, 0.4) is 0 Å². The topological polar surface area (TPSA) is 13.1 Å². The summed E-state index contributed by atoms with van der Waals surface area (Å²) in [5, 5.41) is 0.687. The highest BCUT2D eigenvalue weighted by atomic mass is 16.3. The maximum absolute atomic E-state index is 9.50. The molecule has 0 bridgehead atoms. The molecule has 0 saturated heterocycles. The lowest BCUT2D eigenvalue weighted by atomic mass is 9.84. The number of benzene rings is 8. The van der Waals surface area contributed by atoms with E-state index in [4.69, 9.17) is 16.8 Å². The first kappa shape index (κ1) is 16.9. The first-order valence-electron chi connectivity index (χ1n) is 21.5. The third kappa shape index (κ3) is 4.64. The van der Waals surface area contributed by atoms with Gasteiger partial charge in [0.05, 0.1) is 17.8 Å². The Labute approximate surface area is 292 Å². The zero-order valence-electron chi connectivity index (χ0n) is 37.7. The molecular formula is C46H30O. The quantitative estimate of drug-likeness (QED) is 0.176. The number of rotatable bonds is 5. The average Bonchev–Trinajstić information content (AvgIpc) is 3.65. The van der Waals surface area contributed by atoms with E-state index in [1.54, 1.807) is 60.7 Å².